The van der Waals surface area contributed by atoms with Gasteiger partial charge in [-0.25, -0.2) is 15.0 Å². The van der Waals surface area contributed by atoms with E-state index in [1.165, 1.54) is 6.33 Å². The predicted molar refractivity (Wildman–Crippen MR) is 75.7 cm³/mol. The van der Waals surface area contributed by atoms with Gasteiger partial charge in [-0.05, 0) is 6.42 Å². The van der Waals surface area contributed by atoms with Crippen molar-refractivity contribution in [3.05, 3.63) is 12.7 Å². The van der Waals surface area contributed by atoms with Crippen LogP contribution < -0.4 is 5.32 Å². The Labute approximate surface area is 121 Å². The summed E-state index contributed by atoms with van der Waals surface area (Å²) in [4.78, 5) is 12.6. The Morgan fingerprint density at radius 3 is 2.76 bits per heavy atom. The second kappa shape index (κ2) is 4.90. The number of nitrogens with one attached hydrogen (secondary N) is 1. The molecule has 2 aromatic rings. The normalized spacial score (nSPS) is 32.7. The first-order valence-corrected chi connectivity index (χ1v) is 6.84. The van der Waals surface area contributed by atoms with Crippen LogP contribution in [0.2, 0.25) is 0 Å². The summed E-state index contributed by atoms with van der Waals surface area (Å²) in [6.45, 7) is 1.57. The first kappa shape index (κ1) is 14.2. The number of aliphatic hydroxyl groups excluding tert-OH is 3. The third kappa shape index (κ3) is 1.98. The topological polar surface area (TPSA) is 116 Å². The van der Waals surface area contributed by atoms with Crippen LogP contribution in [0.25, 0.3) is 11.2 Å². The Morgan fingerprint density at radius 1 is 1.38 bits per heavy atom. The van der Waals surface area contributed by atoms with Crippen LogP contribution in [-0.4, -0.2) is 60.7 Å². The van der Waals surface area contributed by atoms with Crippen LogP contribution in [0.15, 0.2) is 12.7 Å². The van der Waals surface area contributed by atoms with Gasteiger partial charge in [0.15, 0.2) is 11.5 Å². The van der Waals surface area contributed by atoms with E-state index in [2.05, 4.69) is 20.3 Å². The van der Waals surface area contributed by atoms with Crippen molar-refractivity contribution >= 4 is 17.0 Å². The molecule has 21 heavy (non-hydrogen) atoms. The highest BCUT2D eigenvalue weighted by atomic mass is 16.3. The maximum atomic E-state index is 10.3. The molecular formula is C13H19N5O3. The largest absolute Gasteiger partial charge is 0.396 e. The average molecular weight is 293 g/mol. The minimum atomic E-state index is -0.990. The van der Waals surface area contributed by atoms with Gasteiger partial charge in [-0.3, -0.25) is 0 Å². The number of rotatable bonds is 3. The van der Waals surface area contributed by atoms with Crippen LogP contribution in [0.3, 0.4) is 0 Å². The lowest BCUT2D eigenvalue weighted by Gasteiger charge is -2.25. The lowest BCUT2D eigenvalue weighted by molar-refractivity contribution is -0.0403. The quantitative estimate of drug-likeness (QED) is 0.604. The van der Waals surface area contributed by atoms with Crippen molar-refractivity contribution in [3.63, 3.8) is 0 Å². The lowest BCUT2D eigenvalue weighted by Crippen LogP contribution is -2.36. The molecule has 1 aliphatic carbocycles. The zero-order valence-corrected chi connectivity index (χ0v) is 11.9. The molecule has 0 unspecified atom stereocenters. The molecule has 1 fully saturated rings. The molecule has 2 aromatic heterocycles. The van der Waals surface area contributed by atoms with Crippen LogP contribution in [0.5, 0.6) is 0 Å². The fraction of sp³-hybridized carbons (Fsp3) is 0.615. The fourth-order valence-electron chi connectivity index (χ4n) is 3.04. The van der Waals surface area contributed by atoms with Crippen LogP contribution in [0.1, 0.15) is 19.4 Å². The van der Waals surface area contributed by atoms with Gasteiger partial charge in [-0.2, -0.15) is 0 Å². The van der Waals surface area contributed by atoms with Gasteiger partial charge < -0.3 is 25.2 Å². The highest BCUT2D eigenvalue weighted by Crippen LogP contribution is 2.44. The smallest absolute Gasteiger partial charge is 0.165 e. The molecule has 114 valence electrons. The summed E-state index contributed by atoms with van der Waals surface area (Å²) in [5.74, 6) is 0.608. The molecule has 1 saturated carbocycles. The third-order valence-corrected chi connectivity index (χ3v) is 4.42. The second-order valence-corrected chi connectivity index (χ2v) is 5.82. The van der Waals surface area contributed by atoms with Crippen LogP contribution in [-0.2, 0) is 0 Å². The van der Waals surface area contributed by atoms with E-state index in [0.29, 0.717) is 23.4 Å². The van der Waals surface area contributed by atoms with Crippen LogP contribution in [0.4, 0.5) is 5.82 Å². The van der Waals surface area contributed by atoms with Crippen LogP contribution in [0, 0.1) is 5.41 Å². The summed E-state index contributed by atoms with van der Waals surface area (Å²) in [5.41, 5.74) is 0.464. The van der Waals surface area contributed by atoms with E-state index in [4.69, 9.17) is 0 Å². The number of anilines is 1. The Bertz CT molecular complexity index is 660. The molecule has 0 aliphatic heterocycles. The van der Waals surface area contributed by atoms with Gasteiger partial charge in [0, 0.05) is 12.5 Å². The van der Waals surface area contributed by atoms with Crippen molar-refractivity contribution in [2.24, 2.45) is 5.41 Å². The van der Waals surface area contributed by atoms with Gasteiger partial charge in [0.1, 0.15) is 17.9 Å². The first-order chi connectivity index (χ1) is 10.0. The Kier molecular flexibility index (Phi) is 3.31. The molecule has 0 bridgehead atoms. The van der Waals surface area contributed by atoms with E-state index in [1.807, 2.05) is 0 Å². The molecule has 1 aliphatic rings. The highest BCUT2D eigenvalue weighted by Gasteiger charge is 2.50. The van der Waals surface area contributed by atoms with Gasteiger partial charge in [0.2, 0.25) is 0 Å². The minimum Gasteiger partial charge on any atom is -0.396 e. The number of imidazole rings is 1. The van der Waals surface area contributed by atoms with Crippen molar-refractivity contribution in [3.8, 4) is 0 Å². The highest BCUT2D eigenvalue weighted by molar-refractivity contribution is 5.82. The van der Waals surface area contributed by atoms with Crippen molar-refractivity contribution in [2.75, 3.05) is 19.0 Å². The lowest BCUT2D eigenvalue weighted by atomic mass is 9.87. The molecule has 0 saturated heterocycles. The Morgan fingerprint density at radius 2 is 2.14 bits per heavy atom. The molecule has 0 amide bonds. The standard InChI is InChI=1S/C13H19N5O3/c1-13(4-19)3-7(9(20)10(13)21)18-6-17-8-11(14-2)15-5-16-12(8)18/h5-7,9-10,19-21H,3-4H2,1-2H3,(H,14,15,16)/t7-,9+,10+,13-/m1/s1. The molecule has 0 radical (unpaired) electrons. The van der Waals surface area contributed by atoms with Gasteiger partial charge >= 0.3 is 0 Å². The average Bonchev–Trinajstić information content (AvgIpc) is 3.02. The van der Waals surface area contributed by atoms with Crippen molar-refractivity contribution in [1.82, 2.24) is 19.5 Å². The molecular weight excluding hydrogens is 274 g/mol. The molecule has 0 spiro atoms. The van der Waals surface area contributed by atoms with E-state index in [1.54, 1.807) is 24.9 Å². The zero-order chi connectivity index (χ0) is 15.2. The van der Waals surface area contributed by atoms with E-state index in [-0.39, 0.29) is 12.6 Å². The molecule has 4 atom stereocenters. The minimum absolute atomic E-state index is 0.189. The number of aliphatic hydroxyl groups is 3. The van der Waals surface area contributed by atoms with Gasteiger partial charge in [0.25, 0.3) is 0 Å². The maximum absolute atomic E-state index is 10.3. The van der Waals surface area contributed by atoms with Gasteiger partial charge in [-0.15, -0.1) is 0 Å². The maximum Gasteiger partial charge on any atom is 0.165 e. The van der Waals surface area contributed by atoms with Crippen molar-refractivity contribution < 1.29 is 15.3 Å². The number of hydrogen-bond donors (Lipinski definition) is 4. The van der Waals surface area contributed by atoms with E-state index >= 15 is 0 Å². The number of hydrogen-bond acceptors (Lipinski definition) is 7. The third-order valence-electron chi connectivity index (χ3n) is 4.42. The summed E-state index contributed by atoms with van der Waals surface area (Å²) in [6, 6.07) is -0.387. The summed E-state index contributed by atoms with van der Waals surface area (Å²) in [6.07, 6.45) is 1.48. The molecule has 0 aromatic carbocycles. The predicted octanol–water partition coefficient (Wildman–Crippen LogP) is -0.467. The second-order valence-electron chi connectivity index (χ2n) is 5.82. The summed E-state index contributed by atoms with van der Waals surface area (Å²) in [7, 11) is 1.75. The summed E-state index contributed by atoms with van der Waals surface area (Å²) in [5, 5.41) is 32.9. The Balaban J connectivity index is 2.06. The van der Waals surface area contributed by atoms with Crippen molar-refractivity contribution in [1.29, 1.82) is 0 Å². The molecule has 8 heteroatoms. The summed E-state index contributed by atoms with van der Waals surface area (Å²) < 4.78 is 1.74. The number of fused-ring (bicyclic) bond motifs is 1. The first-order valence-electron chi connectivity index (χ1n) is 6.84. The fourth-order valence-corrected chi connectivity index (χ4v) is 3.04. The summed E-state index contributed by atoms with van der Waals surface area (Å²) >= 11 is 0. The van der Waals surface area contributed by atoms with Gasteiger partial charge in [-0.1, -0.05) is 6.92 Å². The van der Waals surface area contributed by atoms with Crippen molar-refractivity contribution in [2.45, 2.75) is 31.6 Å². The monoisotopic (exact) mass is 293 g/mol. The SMILES string of the molecule is CNc1ncnc2c1ncn2[C@@H]1C[C@](C)(CO)[C@@H](O)[C@H]1O. The number of aromatic nitrogens is 4. The number of nitrogens with zero attached hydrogens (tertiary/aromatic N) is 4. The molecule has 2 heterocycles. The molecule has 3 rings (SSSR count). The molecule has 8 nitrogen and oxygen atoms in total. The van der Waals surface area contributed by atoms with E-state index < -0.39 is 17.6 Å². The van der Waals surface area contributed by atoms with Gasteiger partial charge in [0.05, 0.1) is 25.1 Å². The van der Waals surface area contributed by atoms with Crippen LogP contribution >= 0.6 is 0 Å². The van der Waals surface area contributed by atoms with E-state index in [0.717, 1.165) is 0 Å². The Hall–Kier alpha value is -1.77. The van der Waals surface area contributed by atoms with E-state index in [9.17, 15) is 15.3 Å². The zero-order valence-electron chi connectivity index (χ0n) is 11.9. The molecule has 4 N–H and O–H groups in total.